The van der Waals surface area contributed by atoms with Gasteiger partial charge in [-0.2, -0.15) is 9.97 Å². The molecule has 0 fully saturated rings. The number of aryl methyl sites for hydroxylation is 2. The van der Waals surface area contributed by atoms with Gasteiger partial charge in [0.15, 0.2) is 0 Å². The van der Waals surface area contributed by atoms with E-state index < -0.39 is 46.8 Å². The van der Waals surface area contributed by atoms with Crippen LogP contribution in [0.2, 0.25) is 0 Å². The predicted molar refractivity (Wildman–Crippen MR) is 197 cm³/mol. The fourth-order valence-electron chi connectivity index (χ4n) is 3.87. The molecule has 0 aliphatic carbocycles. The van der Waals surface area contributed by atoms with Crippen LogP contribution in [0.25, 0.3) is 0 Å². The molecule has 2 aromatic heterocycles. The molecule has 0 aliphatic heterocycles. The number of hydrogen-bond donors (Lipinski definition) is 1. The van der Waals surface area contributed by atoms with Crippen LogP contribution in [0.15, 0.2) is 12.4 Å². The van der Waals surface area contributed by atoms with Gasteiger partial charge in [0.1, 0.15) is 28.7 Å². The Morgan fingerprint density at radius 1 is 0.611 bits per heavy atom. The number of imide groups is 2. The maximum Gasteiger partial charge on any atom is 0.427 e. The minimum absolute atomic E-state index is 0.00679. The molecule has 4 amide bonds. The van der Waals surface area contributed by atoms with Gasteiger partial charge in [-0.25, -0.2) is 29.1 Å². The van der Waals surface area contributed by atoms with Gasteiger partial charge in [0, 0.05) is 36.5 Å². The minimum atomic E-state index is -0.973. The molecule has 0 bridgehead atoms. The molecule has 1 N–H and O–H groups in total. The van der Waals surface area contributed by atoms with E-state index in [1.807, 2.05) is 0 Å². The van der Waals surface area contributed by atoms with E-state index in [2.05, 4.69) is 19.9 Å². The van der Waals surface area contributed by atoms with Crippen LogP contribution in [0, 0.1) is 0 Å². The van der Waals surface area contributed by atoms with Crippen molar-refractivity contribution in [3.63, 3.8) is 0 Å². The Morgan fingerprint density at radius 2 is 0.926 bits per heavy atom. The molecule has 0 saturated carbocycles. The highest BCUT2D eigenvalue weighted by molar-refractivity contribution is 6.08. The summed E-state index contributed by atoms with van der Waals surface area (Å²) in [5.74, 6) is -0.113. The van der Waals surface area contributed by atoms with Crippen molar-refractivity contribution in [1.82, 2.24) is 19.9 Å². The van der Waals surface area contributed by atoms with Crippen molar-refractivity contribution >= 4 is 42.6 Å². The third-order valence-electron chi connectivity index (χ3n) is 5.85. The van der Waals surface area contributed by atoms with Crippen molar-refractivity contribution in [1.29, 1.82) is 0 Å². The number of rotatable bonds is 10. The Labute approximate surface area is 316 Å². The number of aromatic nitrogens is 4. The first kappa shape index (κ1) is 46.9. The third kappa shape index (κ3) is 16.7. The topological polar surface area (TPSA) is 219 Å². The Kier molecular flexibility index (Phi) is 17.2. The van der Waals surface area contributed by atoms with Gasteiger partial charge in [-0.05, 0) is 102 Å². The van der Waals surface area contributed by atoms with Gasteiger partial charge < -0.3 is 38.3 Å². The second-order valence-electron chi connectivity index (χ2n) is 15.5. The first-order valence-electron chi connectivity index (χ1n) is 17.1. The van der Waals surface area contributed by atoms with Gasteiger partial charge in [0.2, 0.25) is 23.7 Å². The molecule has 0 saturated heterocycles. The van der Waals surface area contributed by atoms with Crippen molar-refractivity contribution in [2.24, 2.45) is 0 Å². The number of anilines is 2. The van der Waals surface area contributed by atoms with Gasteiger partial charge in [-0.1, -0.05) is 0 Å². The number of hydrogen-bond acceptors (Lipinski definition) is 16. The zero-order chi connectivity index (χ0) is 41.7. The van der Waals surface area contributed by atoms with Gasteiger partial charge in [0.05, 0.1) is 14.2 Å². The van der Waals surface area contributed by atoms with Crippen LogP contribution in [0.4, 0.5) is 31.1 Å². The lowest BCUT2D eigenvalue weighted by Crippen LogP contribution is -2.44. The Balaban J connectivity index is 0.000000540. The molecule has 18 nitrogen and oxygen atoms in total. The SMILES string of the molecule is COc1nc(N(C(=O)OC(C)(C)C)C(=O)OC(C)(C)C)ncc1CCC=O.COc1nc(N(C(=O)OC(C)(C)C)C(=O)OC(C)(C)C)ncc1CCCO. The lowest BCUT2D eigenvalue weighted by atomic mass is 10.2. The number of carbonyl (C=O) groups is 5. The van der Waals surface area contributed by atoms with Gasteiger partial charge in [-0.3, -0.25) is 0 Å². The maximum atomic E-state index is 12.6. The molecule has 2 heterocycles. The zero-order valence-corrected chi connectivity index (χ0v) is 33.9. The molecular weight excluding hydrogens is 708 g/mol. The maximum absolute atomic E-state index is 12.6. The highest BCUT2D eigenvalue weighted by Gasteiger charge is 2.36. The number of ether oxygens (including phenoxy) is 6. The van der Waals surface area contributed by atoms with E-state index in [1.165, 1.54) is 26.6 Å². The van der Waals surface area contributed by atoms with Gasteiger partial charge in [0.25, 0.3) is 0 Å². The first-order valence-corrected chi connectivity index (χ1v) is 17.1. The average Bonchev–Trinajstić information content (AvgIpc) is 3.00. The summed E-state index contributed by atoms with van der Waals surface area (Å²) < 4.78 is 31.6. The van der Waals surface area contributed by atoms with E-state index >= 15 is 0 Å². The smallest absolute Gasteiger partial charge is 0.427 e. The first-order chi connectivity index (χ1) is 24.8. The summed E-state index contributed by atoms with van der Waals surface area (Å²) in [5, 5.41) is 8.98. The van der Waals surface area contributed by atoms with Gasteiger partial charge >= 0.3 is 24.4 Å². The molecule has 0 atom stereocenters. The zero-order valence-electron chi connectivity index (χ0n) is 33.9. The summed E-state index contributed by atoms with van der Waals surface area (Å²) >= 11 is 0. The predicted octanol–water partition coefficient (Wildman–Crippen LogP) is 6.38. The molecule has 302 valence electrons. The van der Waals surface area contributed by atoms with Crippen LogP contribution in [0.5, 0.6) is 11.8 Å². The Hall–Kier alpha value is -5.13. The summed E-state index contributed by atoms with van der Waals surface area (Å²) in [6.45, 7) is 20.1. The largest absolute Gasteiger partial charge is 0.481 e. The van der Waals surface area contributed by atoms with Gasteiger partial charge in [-0.15, -0.1) is 9.80 Å². The number of carbonyl (C=O) groups excluding carboxylic acids is 5. The number of aliphatic hydroxyl groups excluding tert-OH is 1. The highest BCUT2D eigenvalue weighted by atomic mass is 16.6. The Morgan fingerprint density at radius 3 is 1.19 bits per heavy atom. The van der Waals surface area contributed by atoms with Crippen LogP contribution in [-0.2, 0) is 36.6 Å². The van der Waals surface area contributed by atoms with E-state index in [-0.39, 0.29) is 36.7 Å². The molecular formula is C36H56N6O12. The fraction of sp³-hybridized carbons (Fsp3) is 0.639. The van der Waals surface area contributed by atoms with Crippen LogP contribution in [0.3, 0.4) is 0 Å². The van der Waals surface area contributed by atoms with Crippen LogP contribution in [0.1, 0.15) is 107 Å². The normalized spacial score (nSPS) is 11.6. The van der Waals surface area contributed by atoms with E-state index in [1.54, 1.807) is 83.1 Å². The van der Waals surface area contributed by atoms with E-state index in [4.69, 9.17) is 33.5 Å². The highest BCUT2D eigenvalue weighted by Crippen LogP contribution is 2.25. The number of amides is 4. The second kappa shape index (κ2) is 19.8. The summed E-state index contributed by atoms with van der Waals surface area (Å²) in [5.41, 5.74) is -2.13. The molecule has 0 aromatic carbocycles. The van der Waals surface area contributed by atoms with Crippen LogP contribution >= 0.6 is 0 Å². The number of aliphatic hydroxyl groups is 1. The molecule has 54 heavy (non-hydrogen) atoms. The summed E-state index contributed by atoms with van der Waals surface area (Å²) in [6.07, 6.45) is 1.36. The summed E-state index contributed by atoms with van der Waals surface area (Å²) in [7, 11) is 2.81. The standard InChI is InChI=1S/C18H29N3O6.C18H27N3O6/c2*1-17(2,3)26-15(23)21(16(24)27-18(4,5)6)14-19-11-12(9-8-10-22)13(20-14)25-7/h11,22H,8-10H2,1-7H3;10-11H,8-9H2,1-7H3. The average molecular weight is 765 g/mol. The monoisotopic (exact) mass is 764 g/mol. The molecule has 0 radical (unpaired) electrons. The number of nitrogens with zero attached hydrogens (tertiary/aromatic N) is 6. The molecule has 0 unspecified atom stereocenters. The van der Waals surface area contributed by atoms with Crippen molar-refractivity contribution in [3.8, 4) is 11.8 Å². The molecule has 0 aliphatic rings. The summed E-state index contributed by atoms with van der Waals surface area (Å²) in [4.78, 5) is 78.6. The molecule has 2 aromatic rings. The second-order valence-corrected chi connectivity index (χ2v) is 15.5. The van der Waals surface area contributed by atoms with Crippen LogP contribution < -0.4 is 19.3 Å². The number of aldehydes is 1. The third-order valence-corrected chi connectivity index (χ3v) is 5.85. The number of methoxy groups -OCH3 is 2. The minimum Gasteiger partial charge on any atom is -0.481 e. The van der Waals surface area contributed by atoms with Crippen LogP contribution in [-0.4, -0.2) is 98.9 Å². The molecule has 2 rings (SSSR count). The molecule has 0 spiro atoms. The molecule has 18 heteroatoms. The Bertz CT molecular complexity index is 1530. The lowest BCUT2D eigenvalue weighted by Gasteiger charge is -2.27. The van der Waals surface area contributed by atoms with E-state index in [9.17, 15) is 24.0 Å². The lowest BCUT2D eigenvalue weighted by molar-refractivity contribution is -0.107. The van der Waals surface area contributed by atoms with E-state index in [0.717, 1.165) is 6.29 Å². The summed E-state index contributed by atoms with van der Waals surface area (Å²) in [6, 6.07) is 0. The fourth-order valence-corrected chi connectivity index (χ4v) is 3.87. The van der Waals surface area contributed by atoms with Crippen molar-refractivity contribution in [2.45, 2.75) is 131 Å². The van der Waals surface area contributed by atoms with Crippen molar-refractivity contribution in [3.05, 3.63) is 23.5 Å². The van der Waals surface area contributed by atoms with Crippen molar-refractivity contribution in [2.75, 3.05) is 30.6 Å². The van der Waals surface area contributed by atoms with E-state index in [0.29, 0.717) is 40.2 Å². The quantitative estimate of drug-likeness (QED) is 0.205. The van der Waals surface area contributed by atoms with Crippen molar-refractivity contribution < 1.29 is 57.5 Å².